The normalized spacial score (nSPS) is 11.2. The number of carbonyl (C=O) groups is 1. The summed E-state index contributed by atoms with van der Waals surface area (Å²) >= 11 is 5.83. The summed E-state index contributed by atoms with van der Waals surface area (Å²) in [6.07, 6.45) is 3.01. The molecule has 34 heavy (non-hydrogen) atoms. The summed E-state index contributed by atoms with van der Waals surface area (Å²) in [5.41, 5.74) is 2.90. The summed E-state index contributed by atoms with van der Waals surface area (Å²) in [6, 6.07) is 37.9. The quantitative estimate of drug-likeness (QED) is 0.201. The van der Waals surface area contributed by atoms with Crippen molar-refractivity contribution in [2.45, 2.75) is 5.60 Å². The van der Waals surface area contributed by atoms with Gasteiger partial charge in [-0.25, -0.2) is 4.98 Å². The summed E-state index contributed by atoms with van der Waals surface area (Å²) in [4.78, 5) is 16.2. The molecule has 4 aromatic carbocycles. The molecule has 1 aromatic heterocycles. The van der Waals surface area contributed by atoms with Crippen LogP contribution in [0.2, 0.25) is 0 Å². The van der Waals surface area contributed by atoms with Gasteiger partial charge < -0.3 is 4.74 Å². The second kappa shape index (κ2) is 9.38. The third-order valence-electron chi connectivity index (χ3n) is 5.77. The van der Waals surface area contributed by atoms with E-state index < -0.39 is 10.8 Å². The van der Waals surface area contributed by atoms with E-state index in [0.29, 0.717) is 11.4 Å². The molecule has 0 saturated heterocycles. The van der Waals surface area contributed by atoms with Gasteiger partial charge in [0.1, 0.15) is 11.4 Å². The second-order valence-electron chi connectivity index (χ2n) is 7.77. The Labute approximate surface area is 203 Å². The standard InChI is InChI=1S/C29H21ClN2O2/c30-28(33)26-20-31-21-32(26)25-18-10-11-19-27(25)34-29(22-12-4-1-5-13-22,23-14-6-2-7-15-23)24-16-8-3-9-17-24/h1-21H. The van der Waals surface area contributed by atoms with Crippen molar-refractivity contribution in [3.8, 4) is 11.4 Å². The maximum Gasteiger partial charge on any atom is 0.270 e. The van der Waals surface area contributed by atoms with Crippen molar-refractivity contribution in [2.75, 3.05) is 0 Å². The molecule has 5 rings (SSSR count). The summed E-state index contributed by atoms with van der Waals surface area (Å²) < 4.78 is 8.70. The van der Waals surface area contributed by atoms with Crippen molar-refractivity contribution in [3.63, 3.8) is 0 Å². The van der Waals surface area contributed by atoms with Gasteiger partial charge in [-0.1, -0.05) is 103 Å². The number of carbonyl (C=O) groups excluding carboxylic acids is 1. The minimum absolute atomic E-state index is 0.266. The molecule has 5 heteroatoms. The highest BCUT2D eigenvalue weighted by Gasteiger charge is 2.39. The Bertz CT molecular complexity index is 1300. The molecular formula is C29H21ClN2O2. The maximum absolute atomic E-state index is 12.0. The maximum atomic E-state index is 12.0. The van der Waals surface area contributed by atoms with Crippen molar-refractivity contribution >= 4 is 16.8 Å². The van der Waals surface area contributed by atoms with Crippen LogP contribution in [0.5, 0.6) is 5.75 Å². The lowest BCUT2D eigenvalue weighted by Gasteiger charge is -2.37. The Hall–Kier alpha value is -4.15. The SMILES string of the molecule is O=C(Cl)c1cncn1-c1ccccc1OC(c1ccccc1)(c1ccccc1)c1ccccc1. The van der Waals surface area contributed by atoms with Crippen LogP contribution in [0.25, 0.3) is 5.69 Å². The molecule has 0 aliphatic heterocycles. The van der Waals surface area contributed by atoms with Gasteiger partial charge >= 0.3 is 0 Å². The van der Waals surface area contributed by atoms with E-state index in [2.05, 4.69) is 41.4 Å². The number of para-hydroxylation sites is 2. The Kier molecular flexibility index (Phi) is 5.98. The molecule has 0 radical (unpaired) electrons. The van der Waals surface area contributed by atoms with Gasteiger partial charge in [-0.2, -0.15) is 0 Å². The van der Waals surface area contributed by atoms with Crippen LogP contribution < -0.4 is 4.74 Å². The van der Waals surface area contributed by atoms with E-state index >= 15 is 0 Å². The molecule has 4 nitrogen and oxygen atoms in total. The van der Waals surface area contributed by atoms with E-state index in [1.165, 1.54) is 6.20 Å². The Morgan fingerprint density at radius 3 is 1.68 bits per heavy atom. The first-order valence-corrected chi connectivity index (χ1v) is 11.2. The first kappa shape index (κ1) is 21.7. The summed E-state index contributed by atoms with van der Waals surface area (Å²) in [6.45, 7) is 0. The summed E-state index contributed by atoms with van der Waals surface area (Å²) in [5.74, 6) is 0.580. The van der Waals surface area contributed by atoms with Gasteiger partial charge in [-0.15, -0.1) is 0 Å². The van der Waals surface area contributed by atoms with Crippen molar-refractivity contribution in [2.24, 2.45) is 0 Å². The van der Waals surface area contributed by atoms with Gasteiger partial charge in [0.25, 0.3) is 5.24 Å². The van der Waals surface area contributed by atoms with Crippen LogP contribution >= 0.6 is 11.6 Å². The van der Waals surface area contributed by atoms with Crippen molar-refractivity contribution < 1.29 is 9.53 Å². The zero-order valence-electron chi connectivity index (χ0n) is 18.2. The highest BCUT2D eigenvalue weighted by atomic mass is 35.5. The van der Waals surface area contributed by atoms with E-state index in [-0.39, 0.29) is 5.69 Å². The smallest absolute Gasteiger partial charge is 0.270 e. The number of hydrogen-bond donors (Lipinski definition) is 0. The van der Waals surface area contributed by atoms with Crippen LogP contribution in [0.15, 0.2) is 128 Å². The van der Waals surface area contributed by atoms with Crippen LogP contribution in [0.1, 0.15) is 27.2 Å². The van der Waals surface area contributed by atoms with Gasteiger partial charge in [-0.05, 0) is 23.7 Å². The number of halogens is 1. The first-order valence-electron chi connectivity index (χ1n) is 10.9. The minimum Gasteiger partial charge on any atom is -0.471 e. The average Bonchev–Trinajstić information content (AvgIpc) is 3.39. The third-order valence-corrected chi connectivity index (χ3v) is 5.96. The molecule has 0 atom stereocenters. The molecule has 166 valence electrons. The van der Waals surface area contributed by atoms with Gasteiger partial charge in [-0.3, -0.25) is 9.36 Å². The molecule has 0 unspecified atom stereocenters. The van der Waals surface area contributed by atoms with E-state index in [1.54, 1.807) is 10.9 Å². The lowest BCUT2D eigenvalue weighted by molar-refractivity contribution is 0.107. The molecule has 0 aliphatic carbocycles. The van der Waals surface area contributed by atoms with Crippen molar-refractivity contribution in [1.29, 1.82) is 0 Å². The van der Waals surface area contributed by atoms with Crippen LogP contribution in [0, 0.1) is 0 Å². The third kappa shape index (κ3) is 3.89. The fraction of sp³-hybridized carbons (Fsp3) is 0.0345. The Balaban J connectivity index is 1.78. The van der Waals surface area contributed by atoms with Crippen LogP contribution in [0.3, 0.4) is 0 Å². The zero-order valence-corrected chi connectivity index (χ0v) is 19.0. The Morgan fingerprint density at radius 2 is 1.18 bits per heavy atom. The monoisotopic (exact) mass is 464 g/mol. The number of rotatable bonds is 7. The first-order chi connectivity index (χ1) is 16.7. The average molecular weight is 465 g/mol. The minimum atomic E-state index is -0.953. The molecule has 0 N–H and O–H groups in total. The topological polar surface area (TPSA) is 44.1 Å². The fourth-order valence-electron chi connectivity index (χ4n) is 4.24. The molecule has 0 amide bonds. The molecular weight excluding hydrogens is 444 g/mol. The molecule has 0 aliphatic rings. The van der Waals surface area contributed by atoms with E-state index in [1.807, 2.05) is 78.9 Å². The summed E-state index contributed by atoms with van der Waals surface area (Å²) in [5, 5.41) is -0.590. The fourth-order valence-corrected chi connectivity index (χ4v) is 4.38. The van der Waals surface area contributed by atoms with E-state index in [4.69, 9.17) is 16.3 Å². The lowest BCUT2D eigenvalue weighted by Crippen LogP contribution is -2.36. The number of ether oxygens (including phenoxy) is 1. The number of benzene rings is 4. The molecule has 0 fully saturated rings. The largest absolute Gasteiger partial charge is 0.471 e. The van der Waals surface area contributed by atoms with Gasteiger partial charge in [0.2, 0.25) is 0 Å². The number of hydrogen-bond acceptors (Lipinski definition) is 3. The Morgan fingerprint density at radius 1 is 0.706 bits per heavy atom. The van der Waals surface area contributed by atoms with Crippen molar-refractivity contribution in [3.05, 3.63) is 150 Å². The lowest BCUT2D eigenvalue weighted by atomic mass is 9.80. The molecule has 0 bridgehead atoms. The number of nitrogens with zero attached hydrogens (tertiary/aromatic N) is 2. The van der Waals surface area contributed by atoms with Crippen LogP contribution in [-0.2, 0) is 5.60 Å². The predicted molar refractivity (Wildman–Crippen MR) is 134 cm³/mol. The number of imidazole rings is 1. The molecule has 0 spiro atoms. The van der Waals surface area contributed by atoms with E-state index in [0.717, 1.165) is 16.7 Å². The summed E-state index contributed by atoms with van der Waals surface area (Å²) in [7, 11) is 0. The molecule has 5 aromatic rings. The van der Waals surface area contributed by atoms with Gasteiger partial charge in [0.05, 0.1) is 18.2 Å². The van der Waals surface area contributed by atoms with Crippen LogP contribution in [0.4, 0.5) is 0 Å². The highest BCUT2D eigenvalue weighted by Crippen LogP contribution is 2.42. The zero-order chi connectivity index (χ0) is 23.4. The number of aromatic nitrogens is 2. The van der Waals surface area contributed by atoms with Crippen LogP contribution in [-0.4, -0.2) is 14.8 Å². The molecule has 0 saturated carbocycles. The van der Waals surface area contributed by atoms with Gasteiger partial charge in [0, 0.05) is 16.7 Å². The predicted octanol–water partition coefficient (Wildman–Crippen LogP) is 6.62. The highest BCUT2D eigenvalue weighted by molar-refractivity contribution is 6.67. The van der Waals surface area contributed by atoms with Gasteiger partial charge in [0.15, 0.2) is 5.60 Å². The molecule has 1 heterocycles. The second-order valence-corrected chi connectivity index (χ2v) is 8.11. The van der Waals surface area contributed by atoms with E-state index in [9.17, 15) is 4.79 Å². The van der Waals surface area contributed by atoms with Crippen molar-refractivity contribution in [1.82, 2.24) is 9.55 Å².